The second-order valence-electron chi connectivity index (χ2n) is 11.5. The Balaban J connectivity index is -0.000000220. The first-order valence-corrected chi connectivity index (χ1v) is 20.6. The number of rotatable bonds is 11. The van der Waals surface area contributed by atoms with E-state index in [4.69, 9.17) is 5.73 Å². The first kappa shape index (κ1) is 59.4. The van der Waals surface area contributed by atoms with Crippen molar-refractivity contribution in [2.75, 3.05) is 13.6 Å². The van der Waals surface area contributed by atoms with Crippen LogP contribution in [0, 0.1) is 11.8 Å². The summed E-state index contributed by atoms with van der Waals surface area (Å²) >= 11 is 1.70. The number of allylic oxidation sites excluding steroid dienone is 10. The van der Waals surface area contributed by atoms with Crippen LogP contribution < -0.4 is 11.1 Å². The molecule has 0 spiro atoms. The highest BCUT2D eigenvalue weighted by atomic mass is 32.2. The summed E-state index contributed by atoms with van der Waals surface area (Å²) in [5, 5.41) is 19.1. The molecule has 0 saturated carbocycles. The molecule has 3 rings (SSSR count). The van der Waals surface area contributed by atoms with Gasteiger partial charge in [-0.3, -0.25) is 4.99 Å². The predicted octanol–water partition coefficient (Wildman–Crippen LogP) is 13.2. The molecule has 1 unspecified atom stereocenters. The predicted molar refractivity (Wildman–Crippen MR) is 249 cm³/mol. The van der Waals surface area contributed by atoms with Crippen molar-refractivity contribution in [2.45, 2.75) is 147 Å². The lowest BCUT2D eigenvalue weighted by molar-refractivity contribution is 0.580. The molecule has 0 saturated heterocycles. The summed E-state index contributed by atoms with van der Waals surface area (Å²) < 4.78 is 0. The third-order valence-corrected chi connectivity index (χ3v) is 6.99. The standard InChI is InChI=1S/C20H28N2S.C11H12N4.C4H11N.C3H6.4C2H6/c1-7-19(21-6)13-15(3)17(5)22-14-18-10-9-11-20(23-8-2)16(4)12-18;1-2-9-5-3-4-6-10(8-7-9)11-12-14-15-13-11;1-4(2,3)5;1-3-2;4*1-2/h8-10,12,22H,2-3,5,7,11,13-14H2,1,4,6H3;5,7-8,10H,2-3H2,1H3,(H,12,13,14,15);5H2,1-3H3;3H,1H2,2H3;4*1-2H3/b;8-7-,9-5-;;;;;;. The fourth-order valence-electron chi connectivity index (χ4n) is 3.69. The first-order valence-electron chi connectivity index (χ1n) is 19.7. The molecule has 2 aliphatic carbocycles. The van der Waals surface area contributed by atoms with Gasteiger partial charge in [-0.1, -0.05) is 154 Å². The van der Waals surface area contributed by atoms with Crippen LogP contribution in [0.15, 0.2) is 112 Å². The molecule has 1 aromatic heterocycles. The quantitative estimate of drug-likeness (QED) is 0.0897. The number of hydrogen-bond donors (Lipinski definition) is 3. The molecule has 306 valence electrons. The zero-order valence-corrected chi connectivity index (χ0v) is 38.4. The molecule has 1 heterocycles. The van der Waals surface area contributed by atoms with Crippen LogP contribution in [0.5, 0.6) is 0 Å². The van der Waals surface area contributed by atoms with E-state index in [1.807, 2.05) is 102 Å². The van der Waals surface area contributed by atoms with Crippen LogP contribution in [0.4, 0.5) is 0 Å². The second-order valence-corrected chi connectivity index (χ2v) is 12.6. The summed E-state index contributed by atoms with van der Waals surface area (Å²) in [6.07, 6.45) is 19.1. The number of nitrogens with zero attached hydrogens (tertiary/aromatic N) is 4. The van der Waals surface area contributed by atoms with Gasteiger partial charge in [0.25, 0.3) is 0 Å². The van der Waals surface area contributed by atoms with Crippen LogP contribution in [0.25, 0.3) is 0 Å². The highest BCUT2D eigenvalue weighted by Crippen LogP contribution is 2.28. The molecule has 1 aromatic rings. The van der Waals surface area contributed by atoms with Crippen LogP contribution in [-0.4, -0.2) is 45.5 Å². The Morgan fingerprint density at radius 2 is 1.63 bits per heavy atom. The number of nitrogens with two attached hydrogens (primary N) is 1. The lowest BCUT2D eigenvalue weighted by Gasteiger charge is -2.13. The van der Waals surface area contributed by atoms with Crippen molar-refractivity contribution < 1.29 is 0 Å². The number of aliphatic imine (C=N–C) groups is 1. The van der Waals surface area contributed by atoms with Gasteiger partial charge in [0, 0.05) is 43.4 Å². The van der Waals surface area contributed by atoms with Gasteiger partial charge in [-0.25, -0.2) is 0 Å². The summed E-state index contributed by atoms with van der Waals surface area (Å²) in [4.78, 5) is 5.62. The molecule has 8 heteroatoms. The molecule has 54 heavy (non-hydrogen) atoms. The molecular weight excluding hydrogens is 683 g/mol. The maximum atomic E-state index is 5.35. The largest absolute Gasteiger partial charge is 0.381 e. The van der Waals surface area contributed by atoms with E-state index in [1.165, 1.54) is 21.6 Å². The van der Waals surface area contributed by atoms with Gasteiger partial charge in [0.1, 0.15) is 5.92 Å². The van der Waals surface area contributed by atoms with Gasteiger partial charge >= 0.3 is 0 Å². The van der Waals surface area contributed by atoms with Crippen molar-refractivity contribution >= 4 is 17.5 Å². The molecule has 0 fully saturated rings. The Labute approximate surface area is 338 Å². The molecule has 2 aliphatic rings. The number of tetrazole rings is 1. The molecular formula is C46H81N7S. The van der Waals surface area contributed by atoms with Gasteiger partial charge in [-0.15, -0.1) is 28.5 Å². The van der Waals surface area contributed by atoms with E-state index in [1.54, 1.807) is 17.8 Å². The van der Waals surface area contributed by atoms with Gasteiger partial charge in [0.15, 0.2) is 5.82 Å². The van der Waals surface area contributed by atoms with E-state index in [-0.39, 0.29) is 11.5 Å². The van der Waals surface area contributed by atoms with E-state index < -0.39 is 0 Å². The van der Waals surface area contributed by atoms with E-state index in [0.29, 0.717) is 5.82 Å². The topological polar surface area (TPSA) is 105 Å². The number of aromatic amines is 1. The molecule has 0 aliphatic heterocycles. The van der Waals surface area contributed by atoms with Crippen molar-refractivity contribution in [3.8, 4) is 11.8 Å². The Hall–Kier alpha value is -3.93. The van der Waals surface area contributed by atoms with E-state index >= 15 is 0 Å². The number of nitrogens with one attached hydrogen (secondary N) is 2. The maximum Gasteiger partial charge on any atom is 0.193 e. The fourth-order valence-corrected chi connectivity index (χ4v) is 4.33. The summed E-state index contributed by atoms with van der Waals surface area (Å²) in [6.45, 7) is 46.3. The van der Waals surface area contributed by atoms with Gasteiger partial charge < -0.3 is 11.1 Å². The highest BCUT2D eigenvalue weighted by molar-refractivity contribution is 8.05. The van der Waals surface area contributed by atoms with Crippen molar-refractivity contribution in [3.05, 3.63) is 113 Å². The van der Waals surface area contributed by atoms with Crippen LogP contribution in [0.3, 0.4) is 0 Å². The zero-order chi connectivity index (χ0) is 43.0. The monoisotopic (exact) mass is 764 g/mol. The Morgan fingerprint density at radius 3 is 2.09 bits per heavy atom. The van der Waals surface area contributed by atoms with Crippen LogP contribution >= 0.6 is 11.8 Å². The smallest absolute Gasteiger partial charge is 0.193 e. The number of thioether (sulfide) groups is 1. The summed E-state index contributed by atoms with van der Waals surface area (Å²) in [6, 6.07) is 0. The van der Waals surface area contributed by atoms with E-state index in [2.05, 4.69) is 120 Å². The van der Waals surface area contributed by atoms with Gasteiger partial charge in [-0.05, 0) is 80.9 Å². The third-order valence-electron chi connectivity index (χ3n) is 6.05. The molecule has 0 amide bonds. The highest BCUT2D eigenvalue weighted by Gasteiger charge is 2.10. The van der Waals surface area contributed by atoms with Gasteiger partial charge in [-0.2, -0.15) is 5.21 Å². The zero-order valence-electron chi connectivity index (χ0n) is 37.5. The second kappa shape index (κ2) is 41.8. The van der Waals surface area contributed by atoms with Crippen molar-refractivity contribution in [2.24, 2.45) is 10.7 Å². The summed E-state index contributed by atoms with van der Waals surface area (Å²) in [7, 11) is 1.83. The van der Waals surface area contributed by atoms with Crippen LogP contribution in [0.2, 0.25) is 0 Å². The van der Waals surface area contributed by atoms with Gasteiger partial charge in [0.2, 0.25) is 0 Å². The molecule has 0 bridgehead atoms. The van der Waals surface area contributed by atoms with Crippen LogP contribution in [-0.2, 0) is 0 Å². The fraction of sp³-hybridized carbons (Fsp3) is 0.522. The Morgan fingerprint density at radius 1 is 1.06 bits per heavy atom. The lowest BCUT2D eigenvalue weighted by Crippen LogP contribution is -2.26. The molecule has 0 aromatic carbocycles. The Kier molecular flexibility index (Phi) is 46.0. The SMILES string of the molecule is C=CC.C=CSC1=C(C)C=C(CNC(=C)C(=C)CC(CC)=NC)C=CC1.CC.CC.CC.CC.CC(C)(C)N.CCC1=C/CC#CC(c2nn[nH]n2)/C=C\1. The van der Waals surface area contributed by atoms with Crippen LogP contribution in [0.1, 0.15) is 148 Å². The summed E-state index contributed by atoms with van der Waals surface area (Å²) in [5.74, 6) is 6.79. The Bertz CT molecular complexity index is 1350. The first-order chi connectivity index (χ1) is 25.8. The average Bonchev–Trinajstić information content (AvgIpc) is 3.64. The normalized spacial score (nSPS) is 15.3. The van der Waals surface area contributed by atoms with E-state index in [9.17, 15) is 0 Å². The lowest BCUT2D eigenvalue weighted by atomic mass is 10.0. The van der Waals surface area contributed by atoms with E-state index in [0.717, 1.165) is 55.6 Å². The molecule has 1 atom stereocenters. The number of H-pyrrole nitrogens is 1. The molecule has 4 N–H and O–H groups in total. The molecule has 0 radical (unpaired) electrons. The van der Waals surface area contributed by atoms with Crippen molar-refractivity contribution in [1.29, 1.82) is 0 Å². The average molecular weight is 764 g/mol. The minimum absolute atomic E-state index is 0. The number of aromatic nitrogens is 4. The molecule has 7 nitrogen and oxygen atoms in total. The summed E-state index contributed by atoms with van der Waals surface area (Å²) in [5.41, 5.74) is 12.2. The van der Waals surface area contributed by atoms with Gasteiger partial charge in [0.05, 0.1) is 0 Å². The third kappa shape index (κ3) is 35.1. The minimum Gasteiger partial charge on any atom is -0.381 e. The van der Waals surface area contributed by atoms with Crippen molar-refractivity contribution in [1.82, 2.24) is 25.9 Å². The maximum absolute atomic E-state index is 5.35. The number of hydrogen-bond acceptors (Lipinski definition) is 7. The van der Waals surface area contributed by atoms with Crippen molar-refractivity contribution in [3.63, 3.8) is 0 Å². The minimum atomic E-state index is -0.0426.